The predicted octanol–water partition coefficient (Wildman–Crippen LogP) is 3.72. The molecule has 0 aromatic heterocycles. The number of carbonyl (C=O) groups excluding carboxylic acids is 1. The summed E-state index contributed by atoms with van der Waals surface area (Å²) in [5.74, 6) is -0.549. The first-order valence-corrected chi connectivity index (χ1v) is 8.30. The molecule has 1 N–H and O–H groups in total. The lowest BCUT2D eigenvalue weighted by molar-refractivity contribution is -0.385. The van der Waals surface area contributed by atoms with Crippen molar-refractivity contribution in [3.05, 3.63) is 38.9 Å². The standard InChI is InChI=1S/C16H21ClN2O4/c17-13-8-5-9-14(19(21)22)15(13)16(20)18-10-11-23-12-6-3-1-2-4-7-12/h5,8-9,12H,1-4,6-7,10-11H2,(H,18,20). The van der Waals surface area contributed by atoms with Gasteiger partial charge in [0.1, 0.15) is 5.56 Å². The van der Waals surface area contributed by atoms with E-state index < -0.39 is 10.8 Å². The van der Waals surface area contributed by atoms with Gasteiger partial charge >= 0.3 is 0 Å². The van der Waals surface area contributed by atoms with E-state index >= 15 is 0 Å². The highest BCUT2D eigenvalue weighted by Crippen LogP contribution is 2.26. The van der Waals surface area contributed by atoms with Crippen molar-refractivity contribution in [1.82, 2.24) is 5.32 Å². The molecular weight excluding hydrogens is 320 g/mol. The minimum absolute atomic E-state index is 0.0707. The van der Waals surface area contributed by atoms with E-state index in [1.807, 2.05) is 0 Å². The summed E-state index contributed by atoms with van der Waals surface area (Å²) in [6.45, 7) is 0.701. The summed E-state index contributed by atoms with van der Waals surface area (Å²) in [7, 11) is 0. The molecule has 126 valence electrons. The summed E-state index contributed by atoms with van der Waals surface area (Å²) in [5, 5.41) is 13.7. The fraction of sp³-hybridized carbons (Fsp3) is 0.562. The molecule has 1 amide bonds. The zero-order valence-corrected chi connectivity index (χ0v) is 13.7. The average Bonchev–Trinajstić information content (AvgIpc) is 2.79. The van der Waals surface area contributed by atoms with Crippen LogP contribution in [0.5, 0.6) is 0 Å². The number of carbonyl (C=O) groups is 1. The van der Waals surface area contributed by atoms with Crippen molar-refractivity contribution in [2.24, 2.45) is 0 Å². The van der Waals surface area contributed by atoms with Crippen LogP contribution < -0.4 is 5.32 Å². The van der Waals surface area contributed by atoms with Gasteiger partial charge in [-0.3, -0.25) is 14.9 Å². The van der Waals surface area contributed by atoms with Gasteiger partial charge in [-0.2, -0.15) is 0 Å². The molecule has 2 rings (SSSR count). The van der Waals surface area contributed by atoms with E-state index in [2.05, 4.69) is 5.32 Å². The highest BCUT2D eigenvalue weighted by Gasteiger charge is 2.23. The second-order valence-electron chi connectivity index (χ2n) is 5.63. The molecule has 7 heteroatoms. The smallest absolute Gasteiger partial charge is 0.283 e. The van der Waals surface area contributed by atoms with Crippen LogP contribution in [0, 0.1) is 10.1 Å². The molecule has 1 aliphatic rings. The van der Waals surface area contributed by atoms with Crippen molar-refractivity contribution in [2.45, 2.75) is 44.6 Å². The molecule has 0 unspecified atom stereocenters. The van der Waals surface area contributed by atoms with Crippen LogP contribution in [0.3, 0.4) is 0 Å². The van der Waals surface area contributed by atoms with Crippen molar-refractivity contribution in [3.8, 4) is 0 Å². The number of hydrogen-bond donors (Lipinski definition) is 1. The molecule has 0 spiro atoms. The molecule has 1 aromatic carbocycles. The van der Waals surface area contributed by atoms with Gasteiger partial charge in [0.2, 0.25) is 0 Å². The number of amides is 1. The van der Waals surface area contributed by atoms with Crippen LogP contribution in [0.25, 0.3) is 0 Å². The molecule has 1 aliphatic carbocycles. The molecular formula is C16H21ClN2O4. The second kappa shape index (κ2) is 8.84. The minimum atomic E-state index is -0.608. The van der Waals surface area contributed by atoms with Crippen molar-refractivity contribution < 1.29 is 14.5 Å². The van der Waals surface area contributed by atoms with Crippen molar-refractivity contribution in [2.75, 3.05) is 13.2 Å². The van der Waals surface area contributed by atoms with E-state index in [0.717, 1.165) is 12.8 Å². The molecule has 0 atom stereocenters. The maximum Gasteiger partial charge on any atom is 0.283 e. The van der Waals surface area contributed by atoms with Gasteiger partial charge in [0, 0.05) is 12.6 Å². The van der Waals surface area contributed by atoms with Crippen LogP contribution >= 0.6 is 11.6 Å². The number of nitrogens with one attached hydrogen (secondary N) is 1. The van der Waals surface area contributed by atoms with Crippen LogP contribution in [0.1, 0.15) is 48.9 Å². The number of halogens is 1. The Hall–Kier alpha value is -1.66. The Balaban J connectivity index is 1.84. The van der Waals surface area contributed by atoms with Crippen LogP contribution in [0.4, 0.5) is 5.69 Å². The summed E-state index contributed by atoms with van der Waals surface area (Å²) >= 11 is 5.92. The number of benzene rings is 1. The fourth-order valence-electron chi connectivity index (χ4n) is 2.78. The van der Waals surface area contributed by atoms with Crippen molar-refractivity contribution in [3.63, 3.8) is 0 Å². The number of nitrogens with zero attached hydrogens (tertiary/aromatic N) is 1. The van der Waals surface area contributed by atoms with Gasteiger partial charge in [-0.25, -0.2) is 0 Å². The number of nitro benzene ring substituents is 1. The molecule has 6 nitrogen and oxygen atoms in total. The summed E-state index contributed by atoms with van der Waals surface area (Å²) in [6.07, 6.45) is 7.25. The lowest BCUT2D eigenvalue weighted by atomic mass is 10.1. The van der Waals surface area contributed by atoms with Crippen LogP contribution in [-0.2, 0) is 4.74 Å². The van der Waals surface area contributed by atoms with E-state index in [0.29, 0.717) is 13.2 Å². The number of ether oxygens (including phenoxy) is 1. The fourth-order valence-corrected chi connectivity index (χ4v) is 3.03. The SMILES string of the molecule is O=C(NCCOC1CCCCCC1)c1c(Cl)cccc1[N+](=O)[O-]. The molecule has 1 aromatic rings. The topological polar surface area (TPSA) is 81.5 Å². The van der Waals surface area contributed by atoms with E-state index in [4.69, 9.17) is 16.3 Å². The summed E-state index contributed by atoms with van der Waals surface area (Å²) < 4.78 is 5.78. The monoisotopic (exact) mass is 340 g/mol. The molecule has 1 fully saturated rings. The minimum Gasteiger partial charge on any atom is -0.376 e. The number of hydrogen-bond acceptors (Lipinski definition) is 4. The van der Waals surface area contributed by atoms with E-state index in [9.17, 15) is 14.9 Å². The van der Waals surface area contributed by atoms with Gasteiger partial charge in [-0.1, -0.05) is 43.4 Å². The Bertz CT molecular complexity index is 557. The highest BCUT2D eigenvalue weighted by atomic mass is 35.5. The molecule has 23 heavy (non-hydrogen) atoms. The van der Waals surface area contributed by atoms with Crippen molar-refractivity contribution >= 4 is 23.2 Å². The van der Waals surface area contributed by atoms with Gasteiger partial charge in [-0.15, -0.1) is 0 Å². The third kappa shape index (κ3) is 5.18. The summed E-state index contributed by atoms with van der Waals surface area (Å²) in [6, 6.07) is 4.18. The first-order chi connectivity index (χ1) is 11.1. The quantitative estimate of drug-likeness (QED) is 0.370. The molecule has 0 radical (unpaired) electrons. The third-order valence-corrected chi connectivity index (χ3v) is 4.27. The number of rotatable bonds is 6. The molecule has 0 heterocycles. The van der Waals surface area contributed by atoms with Gasteiger partial charge in [0.25, 0.3) is 11.6 Å². The first kappa shape index (κ1) is 17.7. The molecule has 1 saturated carbocycles. The number of nitro groups is 1. The normalized spacial score (nSPS) is 15.9. The first-order valence-electron chi connectivity index (χ1n) is 7.92. The Morgan fingerprint density at radius 2 is 2.00 bits per heavy atom. The maximum atomic E-state index is 12.1. The molecule has 0 saturated heterocycles. The van der Waals surface area contributed by atoms with Gasteiger partial charge in [-0.05, 0) is 18.9 Å². The molecule has 0 bridgehead atoms. The zero-order chi connectivity index (χ0) is 16.7. The molecule has 0 aliphatic heterocycles. The predicted molar refractivity (Wildman–Crippen MR) is 87.9 cm³/mol. The Kier molecular flexibility index (Phi) is 6.80. The van der Waals surface area contributed by atoms with Crippen LogP contribution in [0.15, 0.2) is 18.2 Å². The van der Waals surface area contributed by atoms with E-state index in [1.165, 1.54) is 43.9 Å². The third-order valence-electron chi connectivity index (χ3n) is 3.96. The summed E-state index contributed by atoms with van der Waals surface area (Å²) in [5.41, 5.74) is -0.395. The highest BCUT2D eigenvalue weighted by molar-refractivity contribution is 6.34. The zero-order valence-electron chi connectivity index (χ0n) is 12.9. The van der Waals surface area contributed by atoms with Gasteiger partial charge in [0.15, 0.2) is 0 Å². The van der Waals surface area contributed by atoms with Crippen LogP contribution in [-0.4, -0.2) is 30.1 Å². The van der Waals surface area contributed by atoms with Gasteiger partial charge < -0.3 is 10.1 Å². The lowest BCUT2D eigenvalue weighted by Crippen LogP contribution is -2.29. The van der Waals surface area contributed by atoms with E-state index in [-0.39, 0.29) is 22.4 Å². The van der Waals surface area contributed by atoms with Crippen molar-refractivity contribution in [1.29, 1.82) is 0 Å². The second-order valence-corrected chi connectivity index (χ2v) is 6.04. The average molecular weight is 341 g/mol. The largest absolute Gasteiger partial charge is 0.376 e. The van der Waals surface area contributed by atoms with Gasteiger partial charge in [0.05, 0.1) is 22.7 Å². The Morgan fingerprint density at radius 1 is 1.30 bits per heavy atom. The Labute approximate surface area is 140 Å². The van der Waals surface area contributed by atoms with Crippen LogP contribution in [0.2, 0.25) is 5.02 Å². The Morgan fingerprint density at radius 3 is 2.65 bits per heavy atom. The lowest BCUT2D eigenvalue weighted by Gasteiger charge is -2.15. The maximum absolute atomic E-state index is 12.1. The van der Waals surface area contributed by atoms with E-state index in [1.54, 1.807) is 0 Å². The summed E-state index contributed by atoms with van der Waals surface area (Å²) in [4.78, 5) is 22.5.